The van der Waals surface area contributed by atoms with Crippen molar-refractivity contribution in [2.45, 2.75) is 46.0 Å². The van der Waals surface area contributed by atoms with Gasteiger partial charge < -0.3 is 5.73 Å². The topological polar surface area (TPSA) is 29.3 Å². The molecule has 0 atom stereocenters. The first-order valence-corrected chi connectivity index (χ1v) is 6.14. The molecule has 1 fully saturated rings. The van der Waals surface area contributed by atoms with E-state index in [0.29, 0.717) is 0 Å². The lowest BCUT2D eigenvalue weighted by atomic mass is 9.90. The Morgan fingerprint density at radius 2 is 1.93 bits per heavy atom. The number of likely N-dealkylation sites (tertiary alicyclic amines) is 1. The Balaban J connectivity index is 2.04. The predicted octanol–water partition coefficient (Wildman–Crippen LogP) is 2.44. The molecule has 1 heterocycles. The fourth-order valence-electron chi connectivity index (χ4n) is 2.27. The number of nitrogens with zero attached hydrogens (tertiary/aromatic N) is 1. The quantitative estimate of drug-likeness (QED) is 0.735. The fourth-order valence-corrected chi connectivity index (χ4v) is 2.27. The molecule has 0 aromatic carbocycles. The van der Waals surface area contributed by atoms with E-state index in [9.17, 15) is 0 Å². The van der Waals surface area contributed by atoms with Crippen LogP contribution in [0.2, 0.25) is 0 Å². The second-order valence-corrected chi connectivity index (χ2v) is 5.07. The van der Waals surface area contributed by atoms with E-state index in [1.807, 2.05) is 0 Å². The molecule has 2 nitrogen and oxygen atoms in total. The Kier molecular flexibility index (Phi) is 5.49. The van der Waals surface area contributed by atoms with E-state index in [1.54, 1.807) is 0 Å². The van der Waals surface area contributed by atoms with E-state index in [1.165, 1.54) is 45.2 Å². The van der Waals surface area contributed by atoms with Gasteiger partial charge >= 0.3 is 0 Å². The van der Waals surface area contributed by atoms with Crippen LogP contribution in [0.5, 0.6) is 0 Å². The zero-order chi connectivity index (χ0) is 10.4. The Morgan fingerprint density at radius 3 is 2.43 bits per heavy atom. The van der Waals surface area contributed by atoms with Crippen LogP contribution in [0.1, 0.15) is 46.0 Å². The average Bonchev–Trinajstić information content (AvgIpc) is 2.18. The molecule has 1 aliphatic rings. The summed E-state index contributed by atoms with van der Waals surface area (Å²) in [5, 5.41) is 0. The summed E-state index contributed by atoms with van der Waals surface area (Å²) in [5.74, 6) is 1.86. The maximum atomic E-state index is 5.61. The molecule has 0 saturated carbocycles. The smallest absolute Gasteiger partial charge is 0.0455 e. The van der Waals surface area contributed by atoms with Gasteiger partial charge in [0.05, 0.1) is 0 Å². The van der Waals surface area contributed by atoms with Crippen molar-refractivity contribution in [2.75, 3.05) is 19.8 Å². The molecule has 2 N–H and O–H groups in total. The molecule has 0 unspecified atom stereocenters. The highest BCUT2D eigenvalue weighted by Gasteiger charge is 2.17. The molecule has 2 heteroatoms. The number of rotatable bonds is 5. The summed E-state index contributed by atoms with van der Waals surface area (Å²) in [6, 6.07) is 0. The third-order valence-corrected chi connectivity index (χ3v) is 3.36. The largest absolute Gasteiger partial charge is 0.318 e. The summed E-state index contributed by atoms with van der Waals surface area (Å²) in [6.45, 7) is 7.83. The minimum atomic E-state index is 0.749. The van der Waals surface area contributed by atoms with Gasteiger partial charge in [-0.3, -0.25) is 4.90 Å². The lowest BCUT2D eigenvalue weighted by Crippen LogP contribution is -2.37. The maximum Gasteiger partial charge on any atom is 0.0455 e. The van der Waals surface area contributed by atoms with Gasteiger partial charge in [-0.25, -0.2) is 0 Å². The standard InChI is InChI=1S/C12H26N2/c1-11(2)4-3-5-12-6-8-14(10-13)9-7-12/h11-12H,3-10,13H2,1-2H3. The van der Waals surface area contributed by atoms with E-state index >= 15 is 0 Å². The van der Waals surface area contributed by atoms with Gasteiger partial charge in [0.2, 0.25) is 0 Å². The molecular weight excluding hydrogens is 172 g/mol. The highest BCUT2D eigenvalue weighted by Crippen LogP contribution is 2.22. The van der Waals surface area contributed by atoms with E-state index in [4.69, 9.17) is 5.73 Å². The monoisotopic (exact) mass is 198 g/mol. The summed E-state index contributed by atoms with van der Waals surface area (Å²) < 4.78 is 0. The van der Waals surface area contributed by atoms with Crippen LogP contribution in [0.4, 0.5) is 0 Å². The zero-order valence-electron chi connectivity index (χ0n) is 9.84. The van der Waals surface area contributed by atoms with Gasteiger partial charge in [0.1, 0.15) is 0 Å². The molecule has 0 aromatic rings. The Labute approximate surface area is 88.8 Å². The highest BCUT2D eigenvalue weighted by atomic mass is 15.2. The van der Waals surface area contributed by atoms with Gasteiger partial charge in [-0.05, 0) is 37.8 Å². The van der Waals surface area contributed by atoms with Crippen molar-refractivity contribution >= 4 is 0 Å². The highest BCUT2D eigenvalue weighted by molar-refractivity contribution is 4.71. The van der Waals surface area contributed by atoms with E-state index < -0.39 is 0 Å². The van der Waals surface area contributed by atoms with Crippen molar-refractivity contribution in [3.63, 3.8) is 0 Å². The lowest BCUT2D eigenvalue weighted by Gasteiger charge is -2.30. The van der Waals surface area contributed by atoms with Gasteiger partial charge in [-0.2, -0.15) is 0 Å². The molecule has 1 rings (SSSR count). The first-order chi connectivity index (χ1) is 6.72. The van der Waals surface area contributed by atoms with Gasteiger partial charge in [0.15, 0.2) is 0 Å². The van der Waals surface area contributed by atoms with Crippen LogP contribution in [-0.4, -0.2) is 24.7 Å². The molecule has 0 radical (unpaired) electrons. The van der Waals surface area contributed by atoms with E-state index in [0.717, 1.165) is 18.5 Å². The second kappa shape index (κ2) is 6.41. The Morgan fingerprint density at radius 1 is 1.29 bits per heavy atom. The third kappa shape index (κ3) is 4.43. The van der Waals surface area contributed by atoms with Gasteiger partial charge in [-0.1, -0.05) is 33.1 Å². The van der Waals surface area contributed by atoms with Gasteiger partial charge in [-0.15, -0.1) is 0 Å². The van der Waals surface area contributed by atoms with Crippen molar-refractivity contribution in [3.05, 3.63) is 0 Å². The summed E-state index contributed by atoms with van der Waals surface area (Å²) in [4.78, 5) is 2.36. The molecular formula is C12H26N2. The van der Waals surface area contributed by atoms with Crippen molar-refractivity contribution in [3.8, 4) is 0 Å². The SMILES string of the molecule is CC(C)CCCC1CCN(CN)CC1. The van der Waals surface area contributed by atoms with Crippen LogP contribution in [0.25, 0.3) is 0 Å². The minimum absolute atomic E-state index is 0.749. The minimum Gasteiger partial charge on any atom is -0.318 e. The number of piperidine rings is 1. The number of hydrogen-bond acceptors (Lipinski definition) is 2. The van der Waals surface area contributed by atoms with Crippen LogP contribution < -0.4 is 5.73 Å². The summed E-state index contributed by atoms with van der Waals surface area (Å²) in [5.41, 5.74) is 5.61. The van der Waals surface area contributed by atoms with Crippen LogP contribution >= 0.6 is 0 Å². The lowest BCUT2D eigenvalue weighted by molar-refractivity contribution is 0.180. The first kappa shape index (κ1) is 12.0. The molecule has 0 aliphatic carbocycles. The van der Waals surface area contributed by atoms with Crippen molar-refractivity contribution in [1.29, 1.82) is 0 Å². The Hall–Kier alpha value is -0.0800. The zero-order valence-corrected chi connectivity index (χ0v) is 9.84. The number of nitrogens with two attached hydrogens (primary N) is 1. The predicted molar refractivity (Wildman–Crippen MR) is 62.0 cm³/mol. The molecule has 0 spiro atoms. The van der Waals surface area contributed by atoms with Crippen LogP contribution in [0, 0.1) is 11.8 Å². The molecule has 1 saturated heterocycles. The van der Waals surface area contributed by atoms with Crippen LogP contribution in [0.15, 0.2) is 0 Å². The maximum absolute atomic E-state index is 5.61. The molecule has 14 heavy (non-hydrogen) atoms. The molecule has 84 valence electrons. The van der Waals surface area contributed by atoms with E-state index in [2.05, 4.69) is 18.7 Å². The first-order valence-electron chi connectivity index (χ1n) is 6.14. The molecule has 0 bridgehead atoms. The van der Waals surface area contributed by atoms with E-state index in [-0.39, 0.29) is 0 Å². The normalized spacial score (nSPS) is 20.6. The molecule has 0 amide bonds. The van der Waals surface area contributed by atoms with Crippen molar-refractivity contribution < 1.29 is 0 Å². The number of hydrogen-bond donors (Lipinski definition) is 1. The summed E-state index contributed by atoms with van der Waals surface area (Å²) in [6.07, 6.45) is 7.00. The van der Waals surface area contributed by atoms with Gasteiger partial charge in [0.25, 0.3) is 0 Å². The third-order valence-electron chi connectivity index (χ3n) is 3.36. The van der Waals surface area contributed by atoms with Crippen molar-refractivity contribution in [2.24, 2.45) is 17.6 Å². The molecule has 1 aliphatic heterocycles. The Bertz CT molecular complexity index is 137. The average molecular weight is 198 g/mol. The molecule has 0 aromatic heterocycles. The van der Waals surface area contributed by atoms with Crippen molar-refractivity contribution in [1.82, 2.24) is 4.90 Å². The summed E-state index contributed by atoms with van der Waals surface area (Å²) >= 11 is 0. The van der Waals surface area contributed by atoms with Gasteiger partial charge in [0, 0.05) is 6.67 Å². The van der Waals surface area contributed by atoms with Crippen LogP contribution in [-0.2, 0) is 0 Å². The van der Waals surface area contributed by atoms with Crippen LogP contribution in [0.3, 0.4) is 0 Å². The fraction of sp³-hybridized carbons (Fsp3) is 1.00. The second-order valence-electron chi connectivity index (χ2n) is 5.07. The summed E-state index contributed by atoms with van der Waals surface area (Å²) in [7, 11) is 0.